The zero-order valence-electron chi connectivity index (χ0n) is 25.0. The zero-order valence-corrected chi connectivity index (χ0v) is 26.6. The van der Waals surface area contributed by atoms with Crippen molar-refractivity contribution in [1.29, 1.82) is 0 Å². The predicted molar refractivity (Wildman–Crippen MR) is 173 cm³/mol. The van der Waals surface area contributed by atoms with E-state index in [2.05, 4.69) is 5.32 Å². The van der Waals surface area contributed by atoms with Gasteiger partial charge in [0.2, 0.25) is 11.8 Å². The highest BCUT2D eigenvalue weighted by Gasteiger charge is 2.35. The van der Waals surface area contributed by atoms with Crippen LogP contribution in [0, 0.1) is 5.82 Å². The molecule has 0 fully saturated rings. The number of anilines is 1. The summed E-state index contributed by atoms with van der Waals surface area (Å²) >= 11 is 6.50. The molecule has 0 aromatic heterocycles. The molecule has 11 heteroatoms. The number of carbonyl (C=O) groups excluding carboxylic acids is 2. The molecule has 0 aliphatic carbocycles. The van der Waals surface area contributed by atoms with Gasteiger partial charge >= 0.3 is 0 Å². The Bertz CT molecular complexity index is 1690. The summed E-state index contributed by atoms with van der Waals surface area (Å²) in [5.41, 5.74) is 1.47. The van der Waals surface area contributed by atoms with Crippen molar-refractivity contribution in [3.05, 3.63) is 125 Å². The van der Waals surface area contributed by atoms with Crippen LogP contribution in [0.2, 0.25) is 5.02 Å². The van der Waals surface area contributed by atoms with E-state index in [1.807, 2.05) is 37.3 Å². The second-order valence-electron chi connectivity index (χ2n) is 10.3. The molecule has 236 valence electrons. The summed E-state index contributed by atoms with van der Waals surface area (Å²) in [5.74, 6) is -1.15. The molecule has 8 nitrogen and oxygen atoms in total. The van der Waals surface area contributed by atoms with Gasteiger partial charge in [-0.2, -0.15) is 0 Å². The Morgan fingerprint density at radius 2 is 1.56 bits per heavy atom. The van der Waals surface area contributed by atoms with E-state index in [-0.39, 0.29) is 29.5 Å². The number of nitrogens with one attached hydrogen (secondary N) is 1. The highest BCUT2D eigenvalue weighted by Crippen LogP contribution is 2.27. The summed E-state index contributed by atoms with van der Waals surface area (Å²) in [5, 5.41) is 3.29. The average Bonchev–Trinajstić information content (AvgIpc) is 3.05. The molecule has 0 unspecified atom stereocenters. The summed E-state index contributed by atoms with van der Waals surface area (Å²) in [6, 6.07) is 25.8. The lowest BCUT2D eigenvalue weighted by atomic mass is 10.0. The van der Waals surface area contributed by atoms with Gasteiger partial charge in [0.05, 0.1) is 17.7 Å². The standard InChI is InChI=1S/C34H35ClFN3O5S/c1-3-21-37-34(41)32(22-25-9-5-4-6-10-25)38(23-26-11-7-8-12-31(26)35)33(40)24-39(28-15-13-27(36)14-16-28)45(42,43)30-19-17-29(44-2)18-20-30/h4-20,32H,3,21-24H2,1-2H3,(H,37,41)/t32-/m0/s1. The molecule has 0 saturated carbocycles. The summed E-state index contributed by atoms with van der Waals surface area (Å²) < 4.78 is 48.1. The van der Waals surface area contributed by atoms with Crippen LogP contribution in [0.1, 0.15) is 24.5 Å². The van der Waals surface area contributed by atoms with E-state index in [1.54, 1.807) is 24.3 Å². The number of rotatable bonds is 14. The maximum absolute atomic E-state index is 14.4. The van der Waals surface area contributed by atoms with Crippen molar-refractivity contribution in [1.82, 2.24) is 10.2 Å². The van der Waals surface area contributed by atoms with Crippen molar-refractivity contribution in [2.45, 2.75) is 37.2 Å². The highest BCUT2D eigenvalue weighted by molar-refractivity contribution is 7.92. The Balaban J connectivity index is 1.80. The maximum Gasteiger partial charge on any atom is 0.264 e. The number of ether oxygens (including phenoxy) is 1. The van der Waals surface area contributed by atoms with Gasteiger partial charge in [-0.25, -0.2) is 12.8 Å². The topological polar surface area (TPSA) is 96.0 Å². The average molecular weight is 652 g/mol. The van der Waals surface area contributed by atoms with Crippen LogP contribution >= 0.6 is 11.6 Å². The van der Waals surface area contributed by atoms with Crippen molar-refractivity contribution >= 4 is 39.1 Å². The lowest BCUT2D eigenvalue weighted by Gasteiger charge is -2.34. The van der Waals surface area contributed by atoms with Crippen molar-refractivity contribution < 1.29 is 27.1 Å². The number of nitrogens with zero attached hydrogens (tertiary/aromatic N) is 2. The van der Waals surface area contributed by atoms with E-state index in [9.17, 15) is 22.4 Å². The first-order valence-corrected chi connectivity index (χ1v) is 16.2. The van der Waals surface area contributed by atoms with E-state index in [1.165, 1.54) is 48.4 Å². The number of carbonyl (C=O) groups is 2. The smallest absolute Gasteiger partial charge is 0.264 e. The molecule has 0 radical (unpaired) electrons. The molecule has 0 bridgehead atoms. The molecule has 0 heterocycles. The largest absolute Gasteiger partial charge is 0.497 e. The van der Waals surface area contributed by atoms with Gasteiger partial charge in [0, 0.05) is 24.5 Å². The molecule has 0 spiro atoms. The normalized spacial score (nSPS) is 11.8. The number of halogens is 2. The summed E-state index contributed by atoms with van der Waals surface area (Å²) in [6.45, 7) is 1.59. The number of amides is 2. The molecule has 1 N–H and O–H groups in total. The number of methoxy groups -OCH3 is 1. The van der Waals surface area contributed by atoms with E-state index in [0.29, 0.717) is 29.3 Å². The predicted octanol–water partition coefficient (Wildman–Crippen LogP) is 5.85. The zero-order chi connectivity index (χ0) is 32.4. The number of hydrogen-bond donors (Lipinski definition) is 1. The van der Waals surface area contributed by atoms with Gasteiger partial charge < -0.3 is 15.0 Å². The molecule has 4 rings (SSSR count). The minimum Gasteiger partial charge on any atom is -0.497 e. The summed E-state index contributed by atoms with van der Waals surface area (Å²) in [6.07, 6.45) is 0.856. The van der Waals surface area contributed by atoms with Gasteiger partial charge in [-0.15, -0.1) is 0 Å². The second kappa shape index (κ2) is 15.5. The number of benzene rings is 4. The maximum atomic E-state index is 14.4. The first kappa shape index (κ1) is 33.5. The molecular weight excluding hydrogens is 617 g/mol. The highest BCUT2D eigenvalue weighted by atomic mass is 35.5. The molecule has 4 aromatic rings. The van der Waals surface area contributed by atoms with Gasteiger partial charge in [0.25, 0.3) is 10.0 Å². The van der Waals surface area contributed by atoms with Crippen LogP contribution in [-0.2, 0) is 32.6 Å². The minimum absolute atomic E-state index is 0.0601. The van der Waals surface area contributed by atoms with E-state index < -0.39 is 34.3 Å². The van der Waals surface area contributed by atoms with Gasteiger partial charge in [-0.1, -0.05) is 67.1 Å². The molecular formula is C34H35ClFN3O5S. The van der Waals surface area contributed by atoms with Crippen LogP contribution in [-0.4, -0.2) is 51.4 Å². The first-order chi connectivity index (χ1) is 21.6. The van der Waals surface area contributed by atoms with E-state index in [4.69, 9.17) is 16.3 Å². The third-order valence-electron chi connectivity index (χ3n) is 7.16. The fourth-order valence-electron chi connectivity index (χ4n) is 4.74. The van der Waals surface area contributed by atoms with Crippen LogP contribution in [0.5, 0.6) is 5.75 Å². The van der Waals surface area contributed by atoms with Crippen LogP contribution in [0.15, 0.2) is 108 Å². The molecule has 0 saturated heterocycles. The Kier molecular flexibility index (Phi) is 11.6. The second-order valence-corrected chi connectivity index (χ2v) is 12.5. The third kappa shape index (κ3) is 8.61. The summed E-state index contributed by atoms with van der Waals surface area (Å²) in [4.78, 5) is 29.3. The first-order valence-electron chi connectivity index (χ1n) is 14.4. The summed E-state index contributed by atoms with van der Waals surface area (Å²) in [7, 11) is -2.88. The van der Waals surface area contributed by atoms with Gasteiger partial charge in [0.1, 0.15) is 24.2 Å². The Morgan fingerprint density at radius 3 is 2.18 bits per heavy atom. The van der Waals surface area contributed by atoms with Crippen LogP contribution in [0.25, 0.3) is 0 Å². The molecule has 0 aliphatic rings. The number of hydrogen-bond acceptors (Lipinski definition) is 5. The van der Waals surface area contributed by atoms with Crippen molar-refractivity contribution in [3.63, 3.8) is 0 Å². The Morgan fingerprint density at radius 1 is 0.911 bits per heavy atom. The monoisotopic (exact) mass is 651 g/mol. The van der Waals surface area contributed by atoms with E-state index in [0.717, 1.165) is 22.0 Å². The van der Waals surface area contributed by atoms with Gasteiger partial charge in [-0.05, 0) is 72.1 Å². The molecule has 45 heavy (non-hydrogen) atoms. The quantitative estimate of drug-likeness (QED) is 0.185. The fraction of sp³-hybridized carbons (Fsp3) is 0.235. The van der Waals surface area contributed by atoms with Crippen molar-refractivity contribution in [2.75, 3.05) is 24.5 Å². The lowest BCUT2D eigenvalue weighted by Crippen LogP contribution is -2.53. The Hall–Kier alpha value is -4.41. The minimum atomic E-state index is -4.34. The van der Waals surface area contributed by atoms with Crippen LogP contribution < -0.4 is 14.4 Å². The SMILES string of the molecule is CCCNC(=O)[C@H](Cc1ccccc1)N(Cc1ccccc1Cl)C(=O)CN(c1ccc(F)cc1)S(=O)(=O)c1ccc(OC)cc1. The number of sulfonamides is 1. The fourth-order valence-corrected chi connectivity index (χ4v) is 6.35. The van der Waals surface area contributed by atoms with Crippen molar-refractivity contribution in [2.24, 2.45) is 0 Å². The van der Waals surface area contributed by atoms with Gasteiger partial charge in [-0.3, -0.25) is 13.9 Å². The molecule has 4 aromatic carbocycles. The lowest BCUT2D eigenvalue weighted by molar-refractivity contribution is -0.140. The molecule has 0 aliphatic heterocycles. The van der Waals surface area contributed by atoms with Gasteiger partial charge in [0.15, 0.2) is 0 Å². The third-order valence-corrected chi connectivity index (χ3v) is 9.32. The van der Waals surface area contributed by atoms with Crippen LogP contribution in [0.3, 0.4) is 0 Å². The van der Waals surface area contributed by atoms with Crippen LogP contribution in [0.4, 0.5) is 10.1 Å². The van der Waals surface area contributed by atoms with Crippen molar-refractivity contribution in [3.8, 4) is 5.75 Å². The Labute approximate surface area is 268 Å². The van der Waals surface area contributed by atoms with E-state index >= 15 is 0 Å². The molecule has 1 atom stereocenters. The molecule has 2 amide bonds.